The van der Waals surface area contributed by atoms with Gasteiger partial charge in [-0.1, -0.05) is 35.0 Å². The molecule has 2 aromatic rings. The largest absolute Gasteiger partial charge is 0.473 e. The fourth-order valence-electron chi connectivity index (χ4n) is 1.75. The number of nitrogens with one attached hydrogen (secondary N) is 1. The van der Waals surface area contributed by atoms with Crippen LogP contribution in [-0.4, -0.2) is 17.0 Å². The summed E-state index contributed by atoms with van der Waals surface area (Å²) in [5, 5.41) is 3.03. The monoisotopic (exact) mass is 335 g/mol. The summed E-state index contributed by atoms with van der Waals surface area (Å²) in [7, 11) is 1.84. The normalized spacial score (nSPS) is 10.3. The Labute approximate surface area is 127 Å². The van der Waals surface area contributed by atoms with Crippen LogP contribution in [0, 0.1) is 0 Å². The zero-order valence-corrected chi connectivity index (χ0v) is 13.3. The molecule has 0 fully saturated rings. The van der Waals surface area contributed by atoms with E-state index < -0.39 is 0 Å². The molecule has 0 amide bonds. The summed E-state index contributed by atoms with van der Waals surface area (Å²) in [5.74, 6) is 2.20. The van der Waals surface area contributed by atoms with Crippen LogP contribution >= 0.6 is 15.9 Å². The molecule has 0 spiro atoms. The molecule has 1 N–H and O–H groups in total. The molecule has 1 aromatic carbocycles. The Bertz CT molecular complexity index is 558. The van der Waals surface area contributed by atoms with Gasteiger partial charge in [0.05, 0.1) is 0 Å². The fraction of sp³-hybridized carbons (Fsp3) is 0.333. The molecule has 0 saturated heterocycles. The Kier molecular flexibility index (Phi) is 5.35. The minimum atomic E-state index is 0.499. The predicted molar refractivity (Wildman–Crippen MR) is 84.0 cm³/mol. The molecular weight excluding hydrogens is 318 g/mol. The van der Waals surface area contributed by atoms with Gasteiger partial charge in [-0.15, -0.1) is 0 Å². The minimum absolute atomic E-state index is 0.499. The molecule has 0 saturated carbocycles. The first-order valence-electron chi connectivity index (χ1n) is 6.64. The Hall–Kier alpha value is -1.62. The maximum atomic E-state index is 5.75. The van der Waals surface area contributed by atoms with Crippen molar-refractivity contribution in [3.63, 3.8) is 0 Å². The Balaban J connectivity index is 2.07. The van der Waals surface area contributed by atoms with Crippen LogP contribution in [-0.2, 0) is 13.0 Å². The molecule has 0 radical (unpaired) electrons. The second-order valence-corrected chi connectivity index (χ2v) is 5.34. The van der Waals surface area contributed by atoms with Gasteiger partial charge >= 0.3 is 0 Å². The maximum absolute atomic E-state index is 5.75. The van der Waals surface area contributed by atoms with Crippen LogP contribution < -0.4 is 10.1 Å². The van der Waals surface area contributed by atoms with Crippen LogP contribution in [0.25, 0.3) is 0 Å². The smallest absolute Gasteiger partial charge is 0.219 e. The molecule has 2 rings (SSSR count). The van der Waals surface area contributed by atoms with E-state index in [4.69, 9.17) is 4.74 Å². The van der Waals surface area contributed by atoms with Crippen LogP contribution in [0.4, 0.5) is 5.82 Å². The Morgan fingerprint density at radius 2 is 1.95 bits per heavy atom. The third-order valence-electron chi connectivity index (χ3n) is 2.78. The van der Waals surface area contributed by atoms with Crippen LogP contribution in [0.3, 0.4) is 0 Å². The molecule has 0 bridgehead atoms. The zero-order valence-electron chi connectivity index (χ0n) is 11.7. The van der Waals surface area contributed by atoms with Gasteiger partial charge in [-0.25, -0.2) is 4.98 Å². The summed E-state index contributed by atoms with van der Waals surface area (Å²) in [6.07, 6.45) is 1.86. The van der Waals surface area contributed by atoms with E-state index in [9.17, 15) is 0 Å². The van der Waals surface area contributed by atoms with Gasteiger partial charge in [0.1, 0.15) is 18.2 Å². The Morgan fingerprint density at radius 3 is 2.60 bits per heavy atom. The van der Waals surface area contributed by atoms with Gasteiger partial charge in [0.25, 0.3) is 0 Å². The van der Waals surface area contributed by atoms with Gasteiger partial charge in [-0.3, -0.25) is 0 Å². The number of aromatic nitrogens is 2. The number of hydrogen-bond acceptors (Lipinski definition) is 4. The van der Waals surface area contributed by atoms with Crippen LogP contribution in [0.15, 0.2) is 34.8 Å². The van der Waals surface area contributed by atoms with Crippen molar-refractivity contribution in [2.24, 2.45) is 0 Å². The van der Waals surface area contributed by atoms with E-state index >= 15 is 0 Å². The van der Waals surface area contributed by atoms with E-state index in [1.807, 2.05) is 37.4 Å². The van der Waals surface area contributed by atoms with E-state index in [-0.39, 0.29) is 0 Å². The standard InChI is InChI=1S/C15H18BrN3O/c1-3-4-13-18-14(17-2)9-15(19-13)20-10-11-5-7-12(16)8-6-11/h5-9H,3-4,10H2,1-2H3,(H,17,18,19). The first kappa shape index (κ1) is 14.8. The summed E-state index contributed by atoms with van der Waals surface area (Å²) in [6.45, 7) is 2.61. The van der Waals surface area contributed by atoms with Crippen molar-refractivity contribution in [1.82, 2.24) is 9.97 Å². The molecule has 0 atom stereocenters. The third-order valence-corrected chi connectivity index (χ3v) is 3.31. The lowest BCUT2D eigenvalue weighted by Crippen LogP contribution is -2.04. The van der Waals surface area contributed by atoms with Gasteiger partial charge in [0.15, 0.2) is 0 Å². The van der Waals surface area contributed by atoms with Crippen LogP contribution in [0.1, 0.15) is 24.7 Å². The second-order valence-electron chi connectivity index (χ2n) is 4.42. The van der Waals surface area contributed by atoms with Crippen molar-refractivity contribution >= 4 is 21.7 Å². The van der Waals surface area contributed by atoms with E-state index in [1.165, 1.54) is 0 Å². The van der Waals surface area contributed by atoms with Crippen molar-refractivity contribution in [1.29, 1.82) is 0 Å². The zero-order chi connectivity index (χ0) is 14.4. The molecule has 1 heterocycles. The Morgan fingerprint density at radius 1 is 1.20 bits per heavy atom. The molecule has 20 heavy (non-hydrogen) atoms. The van der Waals surface area contributed by atoms with Crippen LogP contribution in [0.2, 0.25) is 0 Å². The highest BCUT2D eigenvalue weighted by molar-refractivity contribution is 9.10. The van der Waals surface area contributed by atoms with Gasteiger partial charge in [-0.2, -0.15) is 4.98 Å². The van der Waals surface area contributed by atoms with E-state index in [2.05, 4.69) is 38.1 Å². The number of ether oxygens (including phenoxy) is 1. The van der Waals surface area contributed by atoms with Crippen molar-refractivity contribution in [2.75, 3.05) is 12.4 Å². The minimum Gasteiger partial charge on any atom is -0.473 e. The molecule has 0 aliphatic heterocycles. The molecule has 106 valence electrons. The van der Waals surface area contributed by atoms with E-state index in [0.717, 1.165) is 34.5 Å². The number of hydrogen-bond donors (Lipinski definition) is 1. The molecule has 4 nitrogen and oxygen atoms in total. The number of anilines is 1. The lowest BCUT2D eigenvalue weighted by atomic mass is 10.2. The highest BCUT2D eigenvalue weighted by Crippen LogP contribution is 2.17. The first-order chi connectivity index (χ1) is 9.71. The summed E-state index contributed by atoms with van der Waals surface area (Å²) >= 11 is 3.42. The maximum Gasteiger partial charge on any atom is 0.219 e. The summed E-state index contributed by atoms with van der Waals surface area (Å²) in [4.78, 5) is 8.82. The van der Waals surface area contributed by atoms with Gasteiger partial charge in [0.2, 0.25) is 5.88 Å². The number of aryl methyl sites for hydroxylation is 1. The number of halogens is 1. The lowest BCUT2D eigenvalue weighted by molar-refractivity contribution is 0.292. The SMILES string of the molecule is CCCc1nc(NC)cc(OCc2ccc(Br)cc2)n1. The van der Waals surface area contributed by atoms with E-state index in [1.54, 1.807) is 0 Å². The predicted octanol–water partition coefficient (Wildman–Crippen LogP) is 3.81. The highest BCUT2D eigenvalue weighted by Gasteiger charge is 2.05. The molecule has 0 aliphatic rings. The average Bonchev–Trinajstić information content (AvgIpc) is 2.47. The van der Waals surface area contributed by atoms with Crippen molar-refractivity contribution < 1.29 is 4.74 Å². The van der Waals surface area contributed by atoms with Gasteiger partial charge in [-0.05, 0) is 24.1 Å². The number of benzene rings is 1. The highest BCUT2D eigenvalue weighted by atomic mass is 79.9. The second kappa shape index (κ2) is 7.24. The molecular formula is C15H18BrN3O. The quantitative estimate of drug-likeness (QED) is 0.871. The number of nitrogens with zero attached hydrogens (tertiary/aromatic N) is 2. The molecule has 0 aliphatic carbocycles. The molecule has 1 aromatic heterocycles. The van der Waals surface area contributed by atoms with Gasteiger partial charge < -0.3 is 10.1 Å². The fourth-order valence-corrected chi connectivity index (χ4v) is 2.01. The first-order valence-corrected chi connectivity index (χ1v) is 7.43. The van der Waals surface area contributed by atoms with Crippen molar-refractivity contribution in [3.05, 3.63) is 46.2 Å². The lowest BCUT2D eigenvalue weighted by Gasteiger charge is -2.09. The summed E-state index contributed by atoms with van der Waals surface area (Å²) in [5.41, 5.74) is 1.11. The van der Waals surface area contributed by atoms with Crippen LogP contribution in [0.5, 0.6) is 5.88 Å². The van der Waals surface area contributed by atoms with E-state index in [0.29, 0.717) is 12.5 Å². The third kappa shape index (κ3) is 4.20. The summed E-state index contributed by atoms with van der Waals surface area (Å²) < 4.78 is 6.82. The van der Waals surface area contributed by atoms with Crippen molar-refractivity contribution in [3.8, 4) is 5.88 Å². The molecule has 5 heteroatoms. The van der Waals surface area contributed by atoms with Crippen molar-refractivity contribution in [2.45, 2.75) is 26.4 Å². The topological polar surface area (TPSA) is 47.0 Å². The molecule has 0 unspecified atom stereocenters. The summed E-state index contributed by atoms with van der Waals surface area (Å²) in [6, 6.07) is 9.87. The average molecular weight is 336 g/mol. The number of rotatable bonds is 6. The van der Waals surface area contributed by atoms with Gasteiger partial charge in [0, 0.05) is 24.0 Å².